The highest BCUT2D eigenvalue weighted by Gasteiger charge is 2.30. The third-order valence-electron chi connectivity index (χ3n) is 1.89. The molecule has 0 saturated heterocycles. The molecule has 82 valence electrons. The van der Waals surface area contributed by atoms with Crippen LogP contribution in [0.2, 0.25) is 0 Å². The molecule has 0 radical (unpaired) electrons. The van der Waals surface area contributed by atoms with Gasteiger partial charge >= 0.3 is 6.18 Å². The minimum absolute atomic E-state index is 0.0597. The third-order valence-corrected chi connectivity index (χ3v) is 1.89. The summed E-state index contributed by atoms with van der Waals surface area (Å²) in [4.78, 5) is 10.6. The van der Waals surface area contributed by atoms with Gasteiger partial charge in [0.05, 0.1) is 5.56 Å². The molecule has 0 aliphatic carbocycles. The van der Waals surface area contributed by atoms with Gasteiger partial charge in [-0.3, -0.25) is 4.79 Å². The van der Waals surface area contributed by atoms with Gasteiger partial charge < -0.3 is 0 Å². The number of benzene rings is 1. The lowest BCUT2D eigenvalue weighted by molar-refractivity contribution is -0.137. The average molecular weight is 220 g/mol. The molecular weight excluding hydrogens is 212 g/mol. The van der Waals surface area contributed by atoms with Crippen molar-refractivity contribution >= 4 is 5.78 Å². The molecule has 1 nitrogen and oxygen atoms in total. The summed E-state index contributed by atoms with van der Waals surface area (Å²) in [7, 11) is 0. The molecule has 0 aliphatic heterocycles. The molecule has 0 fully saturated rings. The smallest absolute Gasteiger partial charge is 0.296 e. The predicted octanol–water partition coefficient (Wildman–Crippen LogP) is 3.31. The Morgan fingerprint density at radius 3 is 2.00 bits per heavy atom. The Morgan fingerprint density at radius 1 is 1.20 bits per heavy atom. The van der Waals surface area contributed by atoms with Crippen molar-refractivity contribution < 1.29 is 22.4 Å². The van der Waals surface area contributed by atoms with E-state index < -0.39 is 23.7 Å². The molecule has 0 saturated carbocycles. The zero-order chi connectivity index (χ0) is 11.6. The highest BCUT2D eigenvalue weighted by molar-refractivity contribution is 5.81. The standard InChI is InChI=1S/C10H8F4O/c1-6(15)9(11)7-2-4-8(5-3-7)10(12,13)14/h2-5,9H,1H3. The maximum atomic E-state index is 13.1. The topological polar surface area (TPSA) is 17.1 Å². The first-order valence-corrected chi connectivity index (χ1v) is 4.14. The second-order valence-corrected chi connectivity index (χ2v) is 3.09. The Morgan fingerprint density at radius 2 is 1.67 bits per heavy atom. The Bertz CT molecular complexity index is 353. The Hall–Kier alpha value is -1.39. The van der Waals surface area contributed by atoms with Crippen LogP contribution in [0.15, 0.2) is 24.3 Å². The fourth-order valence-electron chi connectivity index (χ4n) is 1.08. The number of alkyl halides is 4. The molecule has 0 bridgehead atoms. The van der Waals surface area contributed by atoms with Crippen molar-refractivity contribution in [3.8, 4) is 0 Å². The van der Waals surface area contributed by atoms with E-state index >= 15 is 0 Å². The van der Waals surface area contributed by atoms with Crippen LogP contribution in [-0.2, 0) is 11.0 Å². The number of ketones is 1. The molecule has 15 heavy (non-hydrogen) atoms. The molecule has 1 aromatic carbocycles. The Labute approximate surface area is 83.7 Å². The third kappa shape index (κ3) is 2.78. The van der Waals surface area contributed by atoms with Crippen molar-refractivity contribution in [2.75, 3.05) is 0 Å². The second kappa shape index (κ2) is 4.00. The van der Waals surface area contributed by atoms with Gasteiger partial charge in [-0.2, -0.15) is 13.2 Å². The predicted molar refractivity (Wildman–Crippen MR) is 46.0 cm³/mol. The van der Waals surface area contributed by atoms with Gasteiger partial charge in [-0.15, -0.1) is 0 Å². The molecule has 0 N–H and O–H groups in total. The van der Waals surface area contributed by atoms with Gasteiger partial charge in [0.15, 0.2) is 12.0 Å². The quantitative estimate of drug-likeness (QED) is 0.699. The maximum absolute atomic E-state index is 13.1. The molecule has 0 amide bonds. The number of carbonyl (C=O) groups excluding carboxylic acids is 1. The van der Waals surface area contributed by atoms with E-state index in [9.17, 15) is 22.4 Å². The summed E-state index contributed by atoms with van der Waals surface area (Å²) < 4.78 is 49.4. The van der Waals surface area contributed by atoms with Crippen molar-refractivity contribution in [2.24, 2.45) is 0 Å². The summed E-state index contributed by atoms with van der Waals surface area (Å²) in [5.74, 6) is -0.727. The van der Waals surface area contributed by atoms with Crippen LogP contribution in [0.5, 0.6) is 0 Å². The summed E-state index contributed by atoms with van der Waals surface area (Å²) >= 11 is 0. The van der Waals surface area contributed by atoms with Gasteiger partial charge in [0.25, 0.3) is 0 Å². The first kappa shape index (κ1) is 11.7. The van der Waals surface area contributed by atoms with Crippen molar-refractivity contribution in [3.05, 3.63) is 35.4 Å². The van der Waals surface area contributed by atoms with Crippen LogP contribution >= 0.6 is 0 Å². The van der Waals surface area contributed by atoms with Gasteiger partial charge in [-0.25, -0.2) is 4.39 Å². The molecule has 5 heteroatoms. The van der Waals surface area contributed by atoms with E-state index in [1.54, 1.807) is 0 Å². The van der Waals surface area contributed by atoms with Crippen LogP contribution in [0.25, 0.3) is 0 Å². The minimum atomic E-state index is -4.44. The highest BCUT2D eigenvalue weighted by atomic mass is 19.4. The normalized spacial score (nSPS) is 13.7. The monoisotopic (exact) mass is 220 g/mol. The molecule has 1 atom stereocenters. The maximum Gasteiger partial charge on any atom is 0.416 e. The van der Waals surface area contributed by atoms with E-state index in [4.69, 9.17) is 0 Å². The first-order valence-electron chi connectivity index (χ1n) is 4.14. The number of carbonyl (C=O) groups is 1. The zero-order valence-electron chi connectivity index (χ0n) is 7.81. The average Bonchev–Trinajstić information content (AvgIpc) is 2.15. The molecule has 0 heterocycles. The second-order valence-electron chi connectivity index (χ2n) is 3.09. The number of Topliss-reactive ketones (excluding diaryl/α,β-unsaturated/α-hetero) is 1. The van der Waals surface area contributed by atoms with Crippen LogP contribution in [0.1, 0.15) is 24.2 Å². The van der Waals surface area contributed by atoms with Crippen molar-refractivity contribution in [1.82, 2.24) is 0 Å². The SMILES string of the molecule is CC(=O)C(F)c1ccc(C(F)(F)F)cc1. The van der Waals surface area contributed by atoms with Gasteiger partial charge in [-0.05, 0) is 24.6 Å². The van der Waals surface area contributed by atoms with E-state index in [1.165, 1.54) is 0 Å². The van der Waals surface area contributed by atoms with Crippen LogP contribution in [0.4, 0.5) is 17.6 Å². The van der Waals surface area contributed by atoms with Crippen LogP contribution in [0, 0.1) is 0 Å². The van der Waals surface area contributed by atoms with Crippen LogP contribution in [0.3, 0.4) is 0 Å². The summed E-state index contributed by atoms with van der Waals surface area (Å²) in [6.07, 6.45) is -6.30. The lowest BCUT2D eigenvalue weighted by Crippen LogP contribution is -2.06. The molecule has 1 aromatic rings. The van der Waals surface area contributed by atoms with E-state index in [2.05, 4.69) is 0 Å². The van der Waals surface area contributed by atoms with Gasteiger partial charge in [0.2, 0.25) is 0 Å². The summed E-state index contributed by atoms with van der Waals surface area (Å²) in [5.41, 5.74) is -0.919. The van der Waals surface area contributed by atoms with Crippen molar-refractivity contribution in [3.63, 3.8) is 0 Å². The fraction of sp³-hybridized carbons (Fsp3) is 0.300. The summed E-state index contributed by atoms with van der Waals surface area (Å²) in [6, 6.07) is 3.44. The minimum Gasteiger partial charge on any atom is -0.296 e. The lowest BCUT2D eigenvalue weighted by Gasteiger charge is -2.08. The Balaban J connectivity index is 2.95. The largest absolute Gasteiger partial charge is 0.416 e. The number of hydrogen-bond acceptors (Lipinski definition) is 1. The summed E-state index contributed by atoms with van der Waals surface area (Å²) in [6.45, 7) is 1.04. The van der Waals surface area contributed by atoms with E-state index in [1.807, 2.05) is 0 Å². The molecular formula is C10H8F4O. The molecule has 1 rings (SSSR count). The Kier molecular flexibility index (Phi) is 3.12. The zero-order valence-corrected chi connectivity index (χ0v) is 7.81. The number of rotatable bonds is 2. The summed E-state index contributed by atoms with van der Waals surface area (Å²) in [5, 5.41) is 0. The molecule has 1 unspecified atom stereocenters. The van der Waals surface area contributed by atoms with Crippen LogP contribution < -0.4 is 0 Å². The van der Waals surface area contributed by atoms with E-state index in [0.29, 0.717) is 0 Å². The molecule has 0 aliphatic rings. The van der Waals surface area contributed by atoms with E-state index in [-0.39, 0.29) is 5.56 Å². The van der Waals surface area contributed by atoms with Gasteiger partial charge in [0.1, 0.15) is 0 Å². The molecule has 0 aromatic heterocycles. The lowest BCUT2D eigenvalue weighted by atomic mass is 10.1. The molecule has 0 spiro atoms. The van der Waals surface area contributed by atoms with Gasteiger partial charge in [0, 0.05) is 0 Å². The van der Waals surface area contributed by atoms with Crippen molar-refractivity contribution in [2.45, 2.75) is 19.3 Å². The van der Waals surface area contributed by atoms with Crippen LogP contribution in [-0.4, -0.2) is 5.78 Å². The van der Waals surface area contributed by atoms with E-state index in [0.717, 1.165) is 31.2 Å². The number of hydrogen-bond donors (Lipinski definition) is 0. The van der Waals surface area contributed by atoms with Crippen molar-refractivity contribution in [1.29, 1.82) is 0 Å². The number of halogens is 4. The van der Waals surface area contributed by atoms with Gasteiger partial charge in [-0.1, -0.05) is 12.1 Å². The first-order chi connectivity index (χ1) is 6.82. The fourth-order valence-corrected chi connectivity index (χ4v) is 1.08. The highest BCUT2D eigenvalue weighted by Crippen LogP contribution is 2.30.